The fourth-order valence-corrected chi connectivity index (χ4v) is 16.5. The van der Waals surface area contributed by atoms with Crippen molar-refractivity contribution in [1.29, 1.82) is 0 Å². The summed E-state index contributed by atoms with van der Waals surface area (Å²) in [6.45, 7) is 2.54. The Morgan fingerprint density at radius 2 is 1.01 bits per heavy atom. The number of hydrogen-bond acceptors (Lipinski definition) is 2. The number of benzene rings is 10. The third-order valence-corrected chi connectivity index (χ3v) is 18.7. The van der Waals surface area contributed by atoms with E-state index in [1.54, 1.807) is 11.1 Å². The average Bonchev–Trinajstić information content (AvgIpc) is 4.14. The third-order valence-electron chi connectivity index (χ3n) is 18.7. The van der Waals surface area contributed by atoms with Crippen molar-refractivity contribution >= 4 is 49.8 Å². The summed E-state index contributed by atoms with van der Waals surface area (Å²) < 4.78 is 6.39. The molecule has 2 unspecified atom stereocenters. The molecule has 6 atom stereocenters. The highest BCUT2D eigenvalue weighted by molar-refractivity contribution is 6.13. The molecule has 3 saturated carbocycles. The van der Waals surface area contributed by atoms with Gasteiger partial charge in [-0.05, 0) is 170 Å². The van der Waals surface area contributed by atoms with Crippen LogP contribution in [-0.4, -0.2) is 0 Å². The number of nitrogens with zero attached hydrogens (tertiary/aromatic N) is 1. The number of hydrogen-bond donors (Lipinski definition) is 0. The molecule has 16 rings (SSSR count). The molecule has 11 aromatic rings. The normalized spacial score (nSPS) is 22.6. The van der Waals surface area contributed by atoms with Gasteiger partial charge in [0.2, 0.25) is 0 Å². The zero-order chi connectivity index (χ0) is 47.3. The Kier molecular flexibility index (Phi) is 8.52. The van der Waals surface area contributed by atoms with Crippen LogP contribution in [-0.2, 0) is 10.8 Å². The predicted molar refractivity (Wildman–Crippen MR) is 297 cm³/mol. The molecule has 3 fully saturated rings. The van der Waals surface area contributed by atoms with E-state index in [0.717, 1.165) is 33.5 Å². The lowest BCUT2D eigenvalue weighted by atomic mass is 9.53. The first-order chi connectivity index (χ1) is 35.6. The van der Waals surface area contributed by atoms with Crippen LogP contribution >= 0.6 is 0 Å². The molecular weight excluding hydrogens is 871 g/mol. The van der Waals surface area contributed by atoms with E-state index in [1.807, 2.05) is 0 Å². The van der Waals surface area contributed by atoms with E-state index in [1.165, 1.54) is 103 Å². The smallest absolute Gasteiger partial charge is 0.136 e. The number of fused-ring (bicyclic) bond motifs is 13. The van der Waals surface area contributed by atoms with Gasteiger partial charge in [-0.25, -0.2) is 0 Å². The summed E-state index contributed by atoms with van der Waals surface area (Å²) in [5.74, 6) is 3.29. The van der Waals surface area contributed by atoms with E-state index >= 15 is 0 Å². The maximum Gasteiger partial charge on any atom is 0.136 e. The van der Waals surface area contributed by atoms with Crippen molar-refractivity contribution in [2.24, 2.45) is 23.7 Å². The highest BCUT2D eigenvalue weighted by Crippen LogP contribution is 2.77. The molecule has 2 heteroatoms. The number of anilines is 3. The Labute approximate surface area is 421 Å². The summed E-state index contributed by atoms with van der Waals surface area (Å²) >= 11 is 0. The molecule has 10 aromatic carbocycles. The van der Waals surface area contributed by atoms with Gasteiger partial charge in [-0.15, -0.1) is 0 Å². The summed E-state index contributed by atoms with van der Waals surface area (Å²) in [6, 6.07) is 85.4. The van der Waals surface area contributed by atoms with Gasteiger partial charge in [-0.1, -0.05) is 189 Å². The molecule has 344 valence electrons. The van der Waals surface area contributed by atoms with Gasteiger partial charge >= 0.3 is 0 Å². The van der Waals surface area contributed by atoms with Gasteiger partial charge in [0.25, 0.3) is 0 Å². The Morgan fingerprint density at radius 3 is 1.79 bits per heavy atom. The van der Waals surface area contributed by atoms with E-state index in [-0.39, 0.29) is 5.41 Å². The molecular formula is C70H53NO. The molecule has 5 aliphatic rings. The summed E-state index contributed by atoms with van der Waals surface area (Å²) in [5, 5.41) is 4.77. The Morgan fingerprint density at radius 1 is 0.431 bits per heavy atom. The quantitative estimate of drug-likeness (QED) is 0.171. The standard InChI is InChI=1S/C70H53NO/c1-43-38-47-40-46-41-48(39-43)69(47)62-37-36-50(42-63(62)70(61-28-12-8-23-57(61)68(46)69)59-26-10-6-21-54(59)55-22-7-11-27-60(55)70)71(64-29-14-17-44-16-2-3-19-52(44)64)49-34-32-45(33-35-49)51-18-4-5-20-53(51)56-25-15-31-66-67(56)58-24-9-13-30-65(58)72-66/h2-37,42-43,46-48,68H,38-41H2,1H3/t43-,46+,47+,48-,68?,69?. The molecule has 2 spiro atoms. The fraction of sp³-hybridized carbons (Fsp3) is 0.171. The van der Waals surface area contributed by atoms with Gasteiger partial charge in [0.15, 0.2) is 0 Å². The highest BCUT2D eigenvalue weighted by Gasteiger charge is 2.70. The first kappa shape index (κ1) is 40.8. The van der Waals surface area contributed by atoms with Crippen molar-refractivity contribution in [2.75, 3.05) is 4.90 Å². The second kappa shape index (κ2) is 15.0. The van der Waals surface area contributed by atoms with Gasteiger partial charge in [-0.2, -0.15) is 0 Å². The topological polar surface area (TPSA) is 16.4 Å². The van der Waals surface area contributed by atoms with Crippen molar-refractivity contribution in [1.82, 2.24) is 0 Å². The summed E-state index contributed by atoms with van der Waals surface area (Å²) in [5.41, 5.74) is 21.4. The van der Waals surface area contributed by atoms with Gasteiger partial charge in [-0.3, -0.25) is 0 Å². The average molecular weight is 924 g/mol. The fourth-order valence-electron chi connectivity index (χ4n) is 16.5. The van der Waals surface area contributed by atoms with E-state index in [4.69, 9.17) is 4.42 Å². The first-order valence-corrected chi connectivity index (χ1v) is 26.4. The molecule has 2 bridgehead atoms. The van der Waals surface area contributed by atoms with Crippen LogP contribution in [0.1, 0.15) is 71.9 Å². The second-order valence-corrected chi connectivity index (χ2v) is 22.0. The Balaban J connectivity index is 0.946. The second-order valence-electron chi connectivity index (χ2n) is 22.0. The van der Waals surface area contributed by atoms with Gasteiger partial charge in [0.1, 0.15) is 11.2 Å². The molecule has 0 radical (unpaired) electrons. The maximum atomic E-state index is 6.39. The van der Waals surface area contributed by atoms with Crippen LogP contribution in [0.5, 0.6) is 0 Å². The maximum absolute atomic E-state index is 6.39. The molecule has 0 saturated heterocycles. The molecule has 72 heavy (non-hydrogen) atoms. The van der Waals surface area contributed by atoms with E-state index in [0.29, 0.717) is 23.7 Å². The molecule has 5 aliphatic carbocycles. The van der Waals surface area contributed by atoms with E-state index in [9.17, 15) is 0 Å². The highest BCUT2D eigenvalue weighted by atomic mass is 16.3. The minimum Gasteiger partial charge on any atom is -0.456 e. The molecule has 0 amide bonds. The number of rotatable bonds is 5. The lowest BCUT2D eigenvalue weighted by Crippen LogP contribution is -2.46. The predicted octanol–water partition coefficient (Wildman–Crippen LogP) is 18.3. The van der Waals surface area contributed by atoms with Gasteiger partial charge in [0, 0.05) is 32.9 Å². The van der Waals surface area contributed by atoms with Crippen molar-refractivity contribution in [3.05, 3.63) is 258 Å². The lowest BCUT2D eigenvalue weighted by molar-refractivity contribution is 0.0823. The molecule has 1 aromatic heterocycles. The van der Waals surface area contributed by atoms with Crippen LogP contribution < -0.4 is 4.90 Å². The summed E-state index contributed by atoms with van der Waals surface area (Å²) in [4.78, 5) is 2.57. The van der Waals surface area contributed by atoms with Gasteiger partial charge in [0.05, 0.1) is 11.1 Å². The number of para-hydroxylation sites is 1. The van der Waals surface area contributed by atoms with Gasteiger partial charge < -0.3 is 9.32 Å². The molecule has 0 aliphatic heterocycles. The Hall–Kier alpha value is -7.94. The van der Waals surface area contributed by atoms with Crippen LogP contribution in [0, 0.1) is 23.7 Å². The minimum absolute atomic E-state index is 0.0868. The van der Waals surface area contributed by atoms with Crippen LogP contribution in [0.15, 0.2) is 229 Å². The third kappa shape index (κ3) is 5.29. The minimum atomic E-state index is -0.491. The van der Waals surface area contributed by atoms with Crippen LogP contribution in [0.25, 0.3) is 66.1 Å². The number of furan rings is 1. The van der Waals surface area contributed by atoms with E-state index < -0.39 is 5.41 Å². The lowest BCUT2D eigenvalue weighted by Gasteiger charge is -2.51. The van der Waals surface area contributed by atoms with Crippen molar-refractivity contribution < 1.29 is 4.42 Å². The van der Waals surface area contributed by atoms with Crippen LogP contribution in [0.4, 0.5) is 17.1 Å². The summed E-state index contributed by atoms with van der Waals surface area (Å²) in [7, 11) is 0. The summed E-state index contributed by atoms with van der Waals surface area (Å²) in [6.07, 6.45) is 5.32. The zero-order valence-corrected chi connectivity index (χ0v) is 40.4. The van der Waals surface area contributed by atoms with Crippen molar-refractivity contribution in [3.63, 3.8) is 0 Å². The first-order valence-electron chi connectivity index (χ1n) is 26.4. The SMILES string of the molecule is C[C@H]1C[C@@H]2C[C@@H]3C[C@H](C1)C21c2ccc(N(c4ccc(-c5ccccc5-c5cccc6oc7ccccc7c56)cc4)c4cccc5ccccc45)cc2C2(c4ccccc4-c4ccccc42)c2ccccc2C31. The molecule has 2 nitrogen and oxygen atoms in total. The van der Waals surface area contributed by atoms with Crippen molar-refractivity contribution in [3.8, 4) is 33.4 Å². The van der Waals surface area contributed by atoms with Crippen LogP contribution in [0.3, 0.4) is 0 Å². The zero-order valence-electron chi connectivity index (χ0n) is 40.4. The molecule has 0 N–H and O–H groups in total. The van der Waals surface area contributed by atoms with E-state index in [2.05, 4.69) is 236 Å². The van der Waals surface area contributed by atoms with Crippen LogP contribution in [0.2, 0.25) is 0 Å². The molecule has 1 heterocycles. The largest absolute Gasteiger partial charge is 0.456 e. The monoisotopic (exact) mass is 923 g/mol. The van der Waals surface area contributed by atoms with Crippen molar-refractivity contribution in [2.45, 2.75) is 49.4 Å². The Bertz CT molecular complexity index is 3960.